The fourth-order valence-corrected chi connectivity index (χ4v) is 2.11. The summed E-state index contributed by atoms with van der Waals surface area (Å²) in [5.41, 5.74) is 2.00. The zero-order valence-electron chi connectivity index (χ0n) is 13.5. The van der Waals surface area contributed by atoms with Crippen LogP contribution in [0.1, 0.15) is 18.1 Å². The third-order valence-corrected chi connectivity index (χ3v) is 3.23. The van der Waals surface area contributed by atoms with E-state index in [9.17, 15) is 0 Å². The van der Waals surface area contributed by atoms with Crippen molar-refractivity contribution < 1.29 is 19.3 Å². The van der Waals surface area contributed by atoms with Crippen molar-refractivity contribution in [3.63, 3.8) is 0 Å². The summed E-state index contributed by atoms with van der Waals surface area (Å²) in [4.78, 5) is 0. The van der Waals surface area contributed by atoms with Crippen LogP contribution in [0.3, 0.4) is 0 Å². The fourth-order valence-electron chi connectivity index (χ4n) is 2.11. The first-order valence-electron chi connectivity index (χ1n) is 7.56. The van der Waals surface area contributed by atoms with Crippen molar-refractivity contribution in [1.29, 1.82) is 0 Å². The molecule has 0 spiro atoms. The highest BCUT2D eigenvalue weighted by molar-refractivity contribution is 5.55. The summed E-state index contributed by atoms with van der Waals surface area (Å²) in [6.07, 6.45) is 3.51. The molecule has 0 radical (unpaired) electrons. The molecule has 1 N–H and O–H groups in total. The van der Waals surface area contributed by atoms with Gasteiger partial charge in [-0.15, -0.1) is 0 Å². The molecule has 0 saturated carbocycles. The van der Waals surface area contributed by atoms with E-state index in [1.54, 1.807) is 13.2 Å². The molecule has 23 heavy (non-hydrogen) atoms. The molecule has 0 aliphatic carbocycles. The summed E-state index contributed by atoms with van der Waals surface area (Å²) in [5.74, 6) is 2.20. The van der Waals surface area contributed by atoms with Crippen LogP contribution in [0.4, 0.5) is 0 Å². The first-order valence-corrected chi connectivity index (χ1v) is 7.56. The van der Waals surface area contributed by atoms with Crippen LogP contribution in [0.2, 0.25) is 0 Å². The highest BCUT2D eigenvalue weighted by Crippen LogP contribution is 2.29. The van der Waals surface area contributed by atoms with E-state index in [-0.39, 0.29) is 6.61 Å². The Hall–Kier alpha value is -2.46. The van der Waals surface area contributed by atoms with Gasteiger partial charge in [0.05, 0.1) is 20.3 Å². The molecule has 0 fully saturated rings. The molecule has 4 heteroatoms. The minimum absolute atomic E-state index is 0.0122. The summed E-state index contributed by atoms with van der Waals surface area (Å²) in [5, 5.41) is 8.82. The summed E-state index contributed by atoms with van der Waals surface area (Å²) in [6, 6.07) is 13.5. The first kappa shape index (κ1) is 16.9. The lowest BCUT2D eigenvalue weighted by Crippen LogP contribution is -1.98. The largest absolute Gasteiger partial charge is 0.494 e. The lowest BCUT2D eigenvalue weighted by molar-refractivity contribution is 0.284. The van der Waals surface area contributed by atoms with E-state index in [0.717, 1.165) is 16.9 Å². The predicted octanol–water partition coefficient (Wildman–Crippen LogP) is 3.68. The number of aliphatic hydroxyl groups excluding tert-OH is 1. The van der Waals surface area contributed by atoms with Gasteiger partial charge in [-0.3, -0.25) is 0 Å². The Morgan fingerprint density at radius 2 is 1.78 bits per heavy atom. The van der Waals surface area contributed by atoms with Crippen molar-refractivity contribution in [3.05, 3.63) is 59.7 Å². The fraction of sp³-hybridized carbons (Fsp3) is 0.263. The van der Waals surface area contributed by atoms with Gasteiger partial charge in [0.2, 0.25) is 0 Å². The van der Waals surface area contributed by atoms with Gasteiger partial charge < -0.3 is 19.3 Å². The second-order valence-electron chi connectivity index (χ2n) is 4.86. The van der Waals surface area contributed by atoms with Crippen LogP contribution in [-0.4, -0.2) is 25.4 Å². The molecule has 0 aliphatic heterocycles. The summed E-state index contributed by atoms with van der Waals surface area (Å²) >= 11 is 0. The van der Waals surface area contributed by atoms with E-state index in [1.165, 1.54) is 0 Å². The van der Waals surface area contributed by atoms with Crippen molar-refractivity contribution in [2.75, 3.05) is 20.3 Å². The topological polar surface area (TPSA) is 47.9 Å². The number of benzene rings is 2. The average molecular weight is 314 g/mol. The molecule has 0 amide bonds. The van der Waals surface area contributed by atoms with E-state index in [0.29, 0.717) is 24.7 Å². The smallest absolute Gasteiger partial charge is 0.161 e. The van der Waals surface area contributed by atoms with Gasteiger partial charge in [-0.1, -0.05) is 30.4 Å². The monoisotopic (exact) mass is 314 g/mol. The van der Waals surface area contributed by atoms with Gasteiger partial charge in [0.15, 0.2) is 11.5 Å². The highest BCUT2D eigenvalue weighted by Gasteiger charge is 2.05. The summed E-state index contributed by atoms with van der Waals surface area (Å²) < 4.78 is 16.6. The Kier molecular flexibility index (Phi) is 6.51. The molecule has 2 aromatic carbocycles. The molecular formula is C19H22O4. The molecule has 4 nitrogen and oxygen atoms in total. The summed E-state index contributed by atoms with van der Waals surface area (Å²) in [6.45, 7) is 3.08. The lowest BCUT2D eigenvalue weighted by Gasteiger charge is -2.12. The van der Waals surface area contributed by atoms with Gasteiger partial charge in [0, 0.05) is 0 Å². The Labute approximate surface area is 136 Å². The van der Waals surface area contributed by atoms with Crippen LogP contribution in [0.15, 0.2) is 48.5 Å². The molecule has 0 bridgehead atoms. The molecule has 0 aromatic heterocycles. The second-order valence-corrected chi connectivity index (χ2v) is 4.86. The Morgan fingerprint density at radius 3 is 2.43 bits per heavy atom. The second kappa shape index (κ2) is 8.86. The molecule has 0 atom stereocenters. The highest BCUT2D eigenvalue weighted by atomic mass is 16.5. The maximum Gasteiger partial charge on any atom is 0.161 e. The number of methoxy groups -OCH3 is 1. The molecule has 2 aromatic rings. The Bertz CT molecular complexity index is 632. The van der Waals surface area contributed by atoms with Gasteiger partial charge in [0.25, 0.3) is 0 Å². The number of aliphatic hydroxyl groups is 1. The van der Waals surface area contributed by atoms with Crippen molar-refractivity contribution in [1.82, 2.24) is 0 Å². The van der Waals surface area contributed by atoms with E-state index < -0.39 is 0 Å². The van der Waals surface area contributed by atoms with Crippen LogP contribution >= 0.6 is 0 Å². The lowest BCUT2D eigenvalue weighted by atomic mass is 10.2. The molecule has 0 unspecified atom stereocenters. The van der Waals surface area contributed by atoms with Crippen molar-refractivity contribution >= 4 is 6.08 Å². The normalized spacial score (nSPS) is 10.7. The predicted molar refractivity (Wildman–Crippen MR) is 91.1 cm³/mol. The number of hydrogen-bond acceptors (Lipinski definition) is 4. The summed E-state index contributed by atoms with van der Waals surface area (Å²) in [7, 11) is 1.61. The maximum atomic E-state index is 8.82. The molecule has 0 aliphatic rings. The average Bonchev–Trinajstić information content (AvgIpc) is 2.60. The quantitative estimate of drug-likeness (QED) is 0.807. The van der Waals surface area contributed by atoms with Crippen LogP contribution in [0.25, 0.3) is 6.08 Å². The Morgan fingerprint density at radius 1 is 1.00 bits per heavy atom. The third-order valence-electron chi connectivity index (χ3n) is 3.23. The van der Waals surface area contributed by atoms with Crippen LogP contribution in [0.5, 0.6) is 17.2 Å². The molecular weight excluding hydrogens is 292 g/mol. The van der Waals surface area contributed by atoms with Crippen molar-refractivity contribution in [3.8, 4) is 17.2 Å². The van der Waals surface area contributed by atoms with Gasteiger partial charge >= 0.3 is 0 Å². The van der Waals surface area contributed by atoms with Crippen LogP contribution in [0, 0.1) is 0 Å². The SMILES string of the molecule is CCOc1ccc(COc2ccc(/C=C/CO)cc2OC)cc1. The Balaban J connectivity index is 2.03. The minimum Gasteiger partial charge on any atom is -0.494 e. The van der Waals surface area contributed by atoms with Crippen LogP contribution < -0.4 is 14.2 Å². The zero-order valence-corrected chi connectivity index (χ0v) is 13.5. The van der Waals surface area contributed by atoms with Crippen molar-refractivity contribution in [2.45, 2.75) is 13.5 Å². The molecule has 122 valence electrons. The van der Waals surface area contributed by atoms with Gasteiger partial charge in [-0.05, 0) is 42.3 Å². The van der Waals surface area contributed by atoms with E-state index in [2.05, 4.69) is 0 Å². The number of ether oxygens (including phenoxy) is 3. The number of hydrogen-bond donors (Lipinski definition) is 1. The first-order chi connectivity index (χ1) is 11.3. The van der Waals surface area contributed by atoms with Gasteiger partial charge in [0.1, 0.15) is 12.4 Å². The zero-order chi connectivity index (χ0) is 16.5. The minimum atomic E-state index is 0.0122. The van der Waals surface area contributed by atoms with Gasteiger partial charge in [-0.25, -0.2) is 0 Å². The standard InChI is InChI=1S/C19H22O4/c1-3-22-17-9-6-16(7-10-17)14-23-18-11-8-15(5-4-12-20)13-19(18)21-2/h4-11,13,20H,3,12,14H2,1-2H3/b5-4+. The van der Waals surface area contributed by atoms with Crippen LogP contribution in [-0.2, 0) is 6.61 Å². The van der Waals surface area contributed by atoms with Gasteiger partial charge in [-0.2, -0.15) is 0 Å². The third kappa shape index (κ3) is 5.04. The van der Waals surface area contributed by atoms with E-state index in [4.69, 9.17) is 19.3 Å². The maximum absolute atomic E-state index is 8.82. The molecule has 0 saturated heterocycles. The van der Waals surface area contributed by atoms with E-state index >= 15 is 0 Å². The number of rotatable bonds is 8. The molecule has 0 heterocycles. The molecule has 2 rings (SSSR count). The van der Waals surface area contributed by atoms with Crippen molar-refractivity contribution in [2.24, 2.45) is 0 Å². The van der Waals surface area contributed by atoms with E-state index in [1.807, 2.05) is 55.5 Å².